The zero-order valence-corrected chi connectivity index (χ0v) is 54.0. The number of H-pyrrole nitrogens is 1. The molecule has 3 amide bonds. The molecule has 0 saturated carbocycles. The lowest BCUT2D eigenvalue weighted by atomic mass is 10.0. The number of hydrogen-bond donors (Lipinski definition) is 5. The van der Waals surface area contributed by atoms with Gasteiger partial charge in [-0.25, -0.2) is 18.2 Å². The lowest BCUT2D eigenvalue weighted by molar-refractivity contribution is -0.126. The molecule has 1 aliphatic heterocycles. The maximum absolute atomic E-state index is 13.9. The summed E-state index contributed by atoms with van der Waals surface area (Å²) in [6.45, 7) is 15.2. The van der Waals surface area contributed by atoms with E-state index in [1.54, 1.807) is 50.6 Å². The fourth-order valence-electron chi connectivity index (χ4n) is 10.9. The van der Waals surface area contributed by atoms with Gasteiger partial charge in [0.05, 0.1) is 79.4 Å². The van der Waals surface area contributed by atoms with Crippen molar-refractivity contribution in [3.8, 4) is 45.6 Å². The van der Waals surface area contributed by atoms with Crippen LogP contribution in [0.25, 0.3) is 33.1 Å². The molecule has 484 valence electrons. The summed E-state index contributed by atoms with van der Waals surface area (Å²) in [6.07, 6.45) is 5.62. The molecular weight excluding hydrogens is 1190 g/mol. The van der Waals surface area contributed by atoms with Crippen LogP contribution in [-0.4, -0.2) is 158 Å². The van der Waals surface area contributed by atoms with Crippen molar-refractivity contribution >= 4 is 61.2 Å². The molecule has 0 unspecified atom stereocenters. The molecule has 4 aromatic heterocycles. The lowest BCUT2D eigenvalue weighted by Gasteiger charge is -2.35. The van der Waals surface area contributed by atoms with Gasteiger partial charge >= 0.3 is 5.69 Å². The molecule has 0 aliphatic carbocycles. The predicted octanol–water partition coefficient (Wildman–Crippen LogP) is 6.65. The molecule has 0 radical (unpaired) electrons. The summed E-state index contributed by atoms with van der Waals surface area (Å²) in [6, 6.07) is 22.3. The van der Waals surface area contributed by atoms with Gasteiger partial charge in [0.2, 0.25) is 11.8 Å². The first kappa shape index (κ1) is 66.0. The van der Waals surface area contributed by atoms with E-state index in [0.717, 1.165) is 66.3 Å². The van der Waals surface area contributed by atoms with Gasteiger partial charge in [-0.15, -0.1) is 0 Å². The summed E-state index contributed by atoms with van der Waals surface area (Å²) in [4.78, 5) is 79.1. The first-order chi connectivity index (χ1) is 43.6. The predicted molar refractivity (Wildman–Crippen MR) is 349 cm³/mol. The zero-order valence-electron chi connectivity index (χ0n) is 53.2. The average molecular weight is 1270 g/mol. The maximum atomic E-state index is 13.9. The number of hydrogen-bond acceptors (Lipinski definition) is 17. The molecule has 9 rings (SSSR count). The van der Waals surface area contributed by atoms with Crippen LogP contribution in [0.2, 0.25) is 0 Å². The third-order valence-corrected chi connectivity index (χ3v) is 17.2. The van der Waals surface area contributed by atoms with Crippen LogP contribution in [-0.2, 0) is 40.3 Å². The summed E-state index contributed by atoms with van der Waals surface area (Å²) in [5.41, 5.74) is 5.51. The SMILES string of the molecule is CCCOc1cc(OCCCCN(C)CC(=O)NCC(=O)NCCN2CCN(c3ccc(-c4cc(C(=O)NCc5c(C)cc(C)[nH]c5=O)c5cnn(C(C)C)c5c4)cn3)CC2)cc(Oc2cc3c(cc2NS(=O)(=O)c2ccc(OC)c(OC)c2)n(C)c(=O)n3C)c1. The Bertz CT molecular complexity index is 4170. The first-order valence-corrected chi connectivity index (χ1v) is 31.8. The Morgan fingerprint density at radius 1 is 0.747 bits per heavy atom. The van der Waals surface area contributed by atoms with Crippen LogP contribution in [0.1, 0.15) is 73.3 Å². The Labute approximate surface area is 528 Å². The number of amides is 3. The van der Waals surface area contributed by atoms with Crippen molar-refractivity contribution in [2.45, 2.75) is 71.4 Å². The number of carbonyl (C=O) groups is 3. The number of methoxy groups -OCH3 is 2. The highest BCUT2D eigenvalue weighted by molar-refractivity contribution is 7.92. The van der Waals surface area contributed by atoms with Gasteiger partial charge < -0.3 is 49.5 Å². The molecule has 91 heavy (non-hydrogen) atoms. The highest BCUT2D eigenvalue weighted by Crippen LogP contribution is 2.39. The monoisotopic (exact) mass is 1270 g/mol. The molecule has 25 nitrogen and oxygen atoms in total. The van der Waals surface area contributed by atoms with Gasteiger partial charge in [-0.2, -0.15) is 5.10 Å². The van der Waals surface area contributed by atoms with E-state index in [9.17, 15) is 32.4 Å². The normalized spacial score (nSPS) is 12.8. The molecule has 1 aliphatic rings. The van der Waals surface area contributed by atoms with Crippen LogP contribution in [0.4, 0.5) is 11.5 Å². The van der Waals surface area contributed by atoms with Gasteiger partial charge in [0, 0.05) is 125 Å². The van der Waals surface area contributed by atoms with Crippen molar-refractivity contribution in [1.29, 1.82) is 0 Å². The summed E-state index contributed by atoms with van der Waals surface area (Å²) in [5.74, 6) is 1.88. The second kappa shape index (κ2) is 29.5. The van der Waals surface area contributed by atoms with Gasteiger partial charge in [-0.1, -0.05) is 6.92 Å². The number of unbranched alkanes of at least 4 members (excludes halogenated alkanes) is 1. The minimum atomic E-state index is -4.23. The van der Waals surface area contributed by atoms with Gasteiger partial charge in [0.1, 0.15) is 23.1 Å². The number of likely N-dealkylation sites (N-methyl/N-ethyl adjacent to an activating group) is 1. The van der Waals surface area contributed by atoms with Crippen molar-refractivity contribution in [3.05, 3.63) is 134 Å². The maximum Gasteiger partial charge on any atom is 0.328 e. The molecule has 26 heteroatoms. The molecule has 5 heterocycles. The fraction of sp³-hybridized carbons (Fsp3) is 0.400. The summed E-state index contributed by atoms with van der Waals surface area (Å²) in [7, 11) is 3.68. The Kier molecular flexibility index (Phi) is 21.4. The number of piperazine rings is 1. The second-order valence-electron chi connectivity index (χ2n) is 22.9. The Hall–Kier alpha value is -9.40. The van der Waals surface area contributed by atoms with E-state index in [2.05, 4.69) is 40.6 Å². The quantitative estimate of drug-likeness (QED) is 0.0307. The van der Waals surface area contributed by atoms with Gasteiger partial charge in [-0.05, 0) is 120 Å². The molecule has 0 atom stereocenters. The first-order valence-electron chi connectivity index (χ1n) is 30.3. The third kappa shape index (κ3) is 16.1. The van der Waals surface area contributed by atoms with Crippen molar-refractivity contribution in [2.75, 3.05) is 103 Å². The van der Waals surface area contributed by atoms with Crippen LogP contribution >= 0.6 is 0 Å². The number of imidazole rings is 1. The standard InChI is InChI=1S/C65H81N13O12S/c1-11-25-88-46-30-47(32-48(31-46)90-58-35-56-55(74(7)65(83)75(56)8)34-53(58)72-91(84,85)49-15-16-57(86-9)59(33-49)87-10)89-26-13-12-19-73(6)40-62(80)68-39-61(79)66-18-20-76-21-23-77(24-22-76)60-17-14-44(36-67-60)45-28-50(52-38-70-78(41(2)3)54(52)29-45)63(81)69-37-51-42(4)27-43(5)71-64(51)82/h14-17,27-36,38,41,72H,11-13,18-26,37,39-40H2,1-10H3,(H,66,79)(H,68,80)(H,69,81)(H,71,82). The van der Waals surface area contributed by atoms with Crippen molar-refractivity contribution in [2.24, 2.45) is 14.1 Å². The van der Waals surface area contributed by atoms with Gasteiger partial charge in [-0.3, -0.25) is 47.5 Å². The molecular formula is C65H81N13O12S. The molecule has 8 aromatic rings. The summed E-state index contributed by atoms with van der Waals surface area (Å²) >= 11 is 0. The number of nitrogens with zero attached hydrogens (tertiary/aromatic N) is 8. The number of carbonyl (C=O) groups excluding carboxylic acids is 3. The molecule has 1 fully saturated rings. The van der Waals surface area contributed by atoms with E-state index in [1.165, 1.54) is 41.6 Å². The van der Waals surface area contributed by atoms with Gasteiger partial charge in [0.15, 0.2) is 17.2 Å². The highest BCUT2D eigenvalue weighted by atomic mass is 32.2. The van der Waals surface area contributed by atoms with Crippen LogP contribution in [0.5, 0.6) is 34.5 Å². The Balaban J connectivity index is 0.701. The number of aromatic amines is 1. The van der Waals surface area contributed by atoms with E-state index in [0.29, 0.717) is 96.2 Å². The number of pyridine rings is 2. The molecule has 5 N–H and O–H groups in total. The largest absolute Gasteiger partial charge is 0.493 e. The van der Waals surface area contributed by atoms with Crippen LogP contribution in [0.15, 0.2) is 106 Å². The van der Waals surface area contributed by atoms with Crippen molar-refractivity contribution in [3.63, 3.8) is 0 Å². The molecule has 0 spiro atoms. The molecule has 1 saturated heterocycles. The van der Waals surface area contributed by atoms with Crippen LogP contribution in [0.3, 0.4) is 0 Å². The Morgan fingerprint density at radius 2 is 1.46 bits per heavy atom. The van der Waals surface area contributed by atoms with E-state index in [1.807, 2.05) is 87.8 Å². The topological polar surface area (TPSA) is 280 Å². The van der Waals surface area contributed by atoms with E-state index >= 15 is 0 Å². The third-order valence-electron chi connectivity index (χ3n) is 15.8. The number of aromatic nitrogens is 6. The second-order valence-corrected chi connectivity index (χ2v) is 24.6. The van der Waals surface area contributed by atoms with Crippen molar-refractivity contribution < 1.29 is 46.5 Å². The van der Waals surface area contributed by atoms with E-state index in [4.69, 9.17) is 28.7 Å². The zero-order chi connectivity index (χ0) is 65.1. The van der Waals surface area contributed by atoms with Crippen molar-refractivity contribution in [1.82, 2.24) is 54.6 Å². The Morgan fingerprint density at radius 3 is 2.14 bits per heavy atom. The molecule has 0 bridgehead atoms. The number of nitrogens with one attached hydrogen (secondary N) is 5. The van der Waals surface area contributed by atoms with Crippen LogP contribution < -0.4 is 60.5 Å². The van der Waals surface area contributed by atoms with Crippen LogP contribution in [0, 0.1) is 13.8 Å². The lowest BCUT2D eigenvalue weighted by Crippen LogP contribution is -2.49. The summed E-state index contributed by atoms with van der Waals surface area (Å²) in [5, 5.41) is 13.9. The van der Waals surface area contributed by atoms with E-state index in [-0.39, 0.29) is 76.7 Å². The summed E-state index contributed by atoms with van der Waals surface area (Å²) < 4.78 is 64.5. The minimum absolute atomic E-state index is 0.0510. The number of anilines is 2. The minimum Gasteiger partial charge on any atom is -0.493 e. The fourth-order valence-corrected chi connectivity index (χ4v) is 11.9. The number of sulfonamides is 1. The highest BCUT2D eigenvalue weighted by Gasteiger charge is 2.25. The van der Waals surface area contributed by atoms with Gasteiger partial charge in [0.25, 0.3) is 21.5 Å². The number of aryl methyl sites for hydroxylation is 4. The smallest absolute Gasteiger partial charge is 0.328 e. The number of rotatable bonds is 29. The number of ether oxygens (including phenoxy) is 5. The van der Waals surface area contributed by atoms with E-state index < -0.39 is 10.0 Å². The number of benzene rings is 4. The number of fused-ring (bicyclic) bond motifs is 2. The average Bonchev–Trinajstić information content (AvgIpc) is 1.70. The molecule has 4 aromatic carbocycles.